The van der Waals surface area contributed by atoms with Crippen LogP contribution in [0.3, 0.4) is 0 Å². The van der Waals surface area contributed by atoms with E-state index in [2.05, 4.69) is 5.32 Å². The zero-order valence-corrected chi connectivity index (χ0v) is 16.2. The fraction of sp³-hybridized carbons (Fsp3) is 0.895. The Hall–Kier alpha value is -0.810. The molecule has 25 heavy (non-hydrogen) atoms. The summed E-state index contributed by atoms with van der Waals surface area (Å²) in [6.07, 6.45) is 10.4. The molecule has 0 aromatic heterocycles. The van der Waals surface area contributed by atoms with Crippen LogP contribution in [0, 0.1) is 11.8 Å². The van der Waals surface area contributed by atoms with Crippen molar-refractivity contribution in [2.24, 2.45) is 11.8 Å². The van der Waals surface area contributed by atoms with Crippen LogP contribution >= 0.6 is 12.4 Å². The number of hydrogen-bond acceptors (Lipinski definition) is 3. The Morgan fingerprint density at radius 2 is 1.44 bits per heavy atom. The van der Waals surface area contributed by atoms with E-state index in [4.69, 9.17) is 0 Å². The highest BCUT2D eigenvalue weighted by Gasteiger charge is 2.29. The molecule has 0 radical (unpaired) electrons. The fourth-order valence-electron chi connectivity index (χ4n) is 4.46. The summed E-state index contributed by atoms with van der Waals surface area (Å²) >= 11 is 0. The maximum absolute atomic E-state index is 12.6. The number of carbonyl (C=O) groups excluding carboxylic acids is 2. The number of hydrogen-bond donors (Lipinski definition) is 1. The number of piperidine rings is 1. The summed E-state index contributed by atoms with van der Waals surface area (Å²) in [5.74, 6) is 1.57. The first-order valence-electron chi connectivity index (χ1n) is 10.0. The van der Waals surface area contributed by atoms with Gasteiger partial charge in [0.2, 0.25) is 11.8 Å². The summed E-state index contributed by atoms with van der Waals surface area (Å²) in [6.45, 7) is 4.79. The molecule has 3 aliphatic rings. The fourth-order valence-corrected chi connectivity index (χ4v) is 4.46. The average Bonchev–Trinajstić information content (AvgIpc) is 2.67. The maximum atomic E-state index is 12.6. The minimum Gasteiger partial charge on any atom is -0.339 e. The van der Waals surface area contributed by atoms with Gasteiger partial charge in [0.05, 0.1) is 0 Å². The van der Waals surface area contributed by atoms with E-state index in [1.807, 2.05) is 9.80 Å². The van der Waals surface area contributed by atoms with Gasteiger partial charge in [-0.2, -0.15) is 0 Å². The van der Waals surface area contributed by atoms with Crippen LogP contribution < -0.4 is 5.32 Å². The lowest BCUT2D eigenvalue weighted by molar-refractivity contribution is -0.142. The van der Waals surface area contributed by atoms with Gasteiger partial charge in [0, 0.05) is 38.5 Å². The molecule has 1 saturated carbocycles. The molecule has 2 saturated heterocycles. The first kappa shape index (κ1) is 20.5. The molecule has 3 fully saturated rings. The predicted molar refractivity (Wildman–Crippen MR) is 102 cm³/mol. The molecule has 0 unspecified atom stereocenters. The Kier molecular flexibility index (Phi) is 8.50. The van der Waals surface area contributed by atoms with Crippen molar-refractivity contribution >= 4 is 24.2 Å². The molecule has 0 aromatic rings. The number of rotatable bonds is 4. The van der Waals surface area contributed by atoms with E-state index in [9.17, 15) is 9.59 Å². The summed E-state index contributed by atoms with van der Waals surface area (Å²) in [7, 11) is 0. The van der Waals surface area contributed by atoms with Gasteiger partial charge in [0.25, 0.3) is 0 Å². The third kappa shape index (κ3) is 5.85. The first-order chi connectivity index (χ1) is 11.7. The van der Waals surface area contributed by atoms with Crippen molar-refractivity contribution in [2.45, 2.75) is 57.8 Å². The zero-order valence-electron chi connectivity index (χ0n) is 15.4. The van der Waals surface area contributed by atoms with Crippen molar-refractivity contribution < 1.29 is 9.59 Å². The predicted octanol–water partition coefficient (Wildman–Crippen LogP) is 2.44. The molecule has 0 aromatic carbocycles. The number of halogens is 1. The van der Waals surface area contributed by atoms with Gasteiger partial charge < -0.3 is 15.1 Å². The zero-order chi connectivity index (χ0) is 16.8. The Labute approximate surface area is 158 Å². The molecule has 6 heteroatoms. The standard InChI is InChI=1S/C19H33N3O2.ClH/c23-18(7-6-16-4-2-1-3-5-16)21-12-14-22(15-13-21)19(24)17-8-10-20-11-9-17;/h16-17,20H,1-15H2;1H. The summed E-state index contributed by atoms with van der Waals surface area (Å²) in [4.78, 5) is 29.0. The monoisotopic (exact) mass is 371 g/mol. The Morgan fingerprint density at radius 3 is 2.08 bits per heavy atom. The smallest absolute Gasteiger partial charge is 0.225 e. The second kappa shape index (κ2) is 10.4. The highest BCUT2D eigenvalue weighted by atomic mass is 35.5. The molecule has 0 spiro atoms. The van der Waals surface area contributed by atoms with Gasteiger partial charge in [-0.3, -0.25) is 9.59 Å². The largest absolute Gasteiger partial charge is 0.339 e. The van der Waals surface area contributed by atoms with Crippen LogP contribution in [-0.4, -0.2) is 60.9 Å². The van der Waals surface area contributed by atoms with Crippen LogP contribution in [-0.2, 0) is 9.59 Å². The molecule has 1 N–H and O–H groups in total. The topological polar surface area (TPSA) is 52.7 Å². The van der Waals surface area contributed by atoms with Crippen molar-refractivity contribution in [1.29, 1.82) is 0 Å². The minimum absolute atomic E-state index is 0. The quantitative estimate of drug-likeness (QED) is 0.825. The molecule has 0 bridgehead atoms. The lowest BCUT2D eigenvalue weighted by atomic mass is 9.86. The van der Waals surface area contributed by atoms with Crippen LogP contribution in [0.1, 0.15) is 57.8 Å². The number of nitrogens with one attached hydrogen (secondary N) is 1. The average molecular weight is 372 g/mol. The van der Waals surface area contributed by atoms with Gasteiger partial charge in [-0.1, -0.05) is 32.1 Å². The molecule has 3 rings (SSSR count). The van der Waals surface area contributed by atoms with Crippen molar-refractivity contribution in [3.8, 4) is 0 Å². The molecule has 2 aliphatic heterocycles. The van der Waals surface area contributed by atoms with E-state index >= 15 is 0 Å². The second-order valence-corrected chi connectivity index (χ2v) is 7.77. The van der Waals surface area contributed by atoms with Crippen molar-refractivity contribution in [3.63, 3.8) is 0 Å². The van der Waals surface area contributed by atoms with Gasteiger partial charge in [0.1, 0.15) is 0 Å². The third-order valence-electron chi connectivity index (χ3n) is 6.12. The molecular weight excluding hydrogens is 338 g/mol. The van der Waals surface area contributed by atoms with E-state index in [1.165, 1.54) is 32.1 Å². The molecule has 144 valence electrons. The van der Waals surface area contributed by atoms with E-state index in [1.54, 1.807) is 0 Å². The van der Waals surface area contributed by atoms with Crippen LogP contribution in [0.25, 0.3) is 0 Å². The number of amides is 2. The first-order valence-corrected chi connectivity index (χ1v) is 10.0. The number of nitrogens with zero attached hydrogens (tertiary/aromatic N) is 2. The Balaban J connectivity index is 0.00000225. The van der Waals surface area contributed by atoms with Gasteiger partial charge >= 0.3 is 0 Å². The number of carbonyl (C=O) groups is 2. The van der Waals surface area contributed by atoms with E-state index < -0.39 is 0 Å². The van der Waals surface area contributed by atoms with Crippen LogP contribution in [0.2, 0.25) is 0 Å². The van der Waals surface area contributed by atoms with E-state index in [-0.39, 0.29) is 18.3 Å². The molecule has 0 atom stereocenters. The number of piperazine rings is 1. The summed E-state index contributed by atoms with van der Waals surface area (Å²) < 4.78 is 0. The lowest BCUT2D eigenvalue weighted by Crippen LogP contribution is -2.52. The van der Waals surface area contributed by atoms with Gasteiger partial charge in [0.15, 0.2) is 0 Å². The van der Waals surface area contributed by atoms with Gasteiger partial charge in [-0.25, -0.2) is 0 Å². The lowest BCUT2D eigenvalue weighted by Gasteiger charge is -2.37. The Bertz CT molecular complexity index is 426. The third-order valence-corrected chi connectivity index (χ3v) is 6.12. The van der Waals surface area contributed by atoms with Crippen molar-refractivity contribution in [2.75, 3.05) is 39.3 Å². The van der Waals surface area contributed by atoms with Gasteiger partial charge in [-0.05, 0) is 38.3 Å². The van der Waals surface area contributed by atoms with Crippen LogP contribution in [0.5, 0.6) is 0 Å². The minimum atomic E-state index is 0. The highest BCUT2D eigenvalue weighted by molar-refractivity contribution is 5.85. The SMILES string of the molecule is Cl.O=C(CCC1CCCCC1)N1CCN(C(=O)C2CCNCC2)CC1. The molecular formula is C19H34ClN3O2. The van der Waals surface area contributed by atoms with E-state index in [0.717, 1.165) is 64.4 Å². The molecule has 2 heterocycles. The van der Waals surface area contributed by atoms with Crippen molar-refractivity contribution in [1.82, 2.24) is 15.1 Å². The van der Waals surface area contributed by atoms with Gasteiger partial charge in [-0.15, -0.1) is 12.4 Å². The second-order valence-electron chi connectivity index (χ2n) is 7.77. The van der Waals surface area contributed by atoms with Crippen LogP contribution in [0.15, 0.2) is 0 Å². The molecule has 1 aliphatic carbocycles. The summed E-state index contributed by atoms with van der Waals surface area (Å²) in [5, 5.41) is 3.31. The van der Waals surface area contributed by atoms with Crippen LogP contribution in [0.4, 0.5) is 0 Å². The molecule has 2 amide bonds. The van der Waals surface area contributed by atoms with E-state index in [0.29, 0.717) is 18.2 Å². The molecule has 5 nitrogen and oxygen atoms in total. The normalized spacial score (nSPS) is 23.2. The summed E-state index contributed by atoms with van der Waals surface area (Å²) in [5.41, 5.74) is 0. The summed E-state index contributed by atoms with van der Waals surface area (Å²) in [6, 6.07) is 0. The van der Waals surface area contributed by atoms with Crippen molar-refractivity contribution in [3.05, 3.63) is 0 Å². The highest BCUT2D eigenvalue weighted by Crippen LogP contribution is 2.27. The maximum Gasteiger partial charge on any atom is 0.225 e. The Morgan fingerprint density at radius 1 is 0.840 bits per heavy atom.